The molecule has 1 aromatic rings. The van der Waals surface area contributed by atoms with Gasteiger partial charge in [0.25, 0.3) is 0 Å². The summed E-state index contributed by atoms with van der Waals surface area (Å²) >= 11 is 0. The van der Waals surface area contributed by atoms with Crippen LogP contribution in [0.15, 0.2) is 24.3 Å². The zero-order valence-corrected chi connectivity index (χ0v) is 10.0. The van der Waals surface area contributed by atoms with Gasteiger partial charge >= 0.3 is 6.03 Å². The number of nitrogens with two attached hydrogens (primary N) is 1. The van der Waals surface area contributed by atoms with Gasteiger partial charge in [-0.05, 0) is 18.1 Å². The highest BCUT2D eigenvalue weighted by molar-refractivity contribution is 5.89. The van der Waals surface area contributed by atoms with Crippen LogP contribution in [0.5, 0.6) is 0 Å². The highest BCUT2D eigenvalue weighted by Gasteiger charge is 2.14. The summed E-state index contributed by atoms with van der Waals surface area (Å²) in [4.78, 5) is 11.6. The van der Waals surface area contributed by atoms with Gasteiger partial charge in [-0.3, -0.25) is 0 Å². The molecule has 1 rings (SSSR count). The number of anilines is 1. The maximum Gasteiger partial charge on any atom is 0.319 e. The molecule has 0 bridgehead atoms. The Morgan fingerprint density at radius 1 is 1.41 bits per heavy atom. The fourth-order valence-corrected chi connectivity index (χ4v) is 1.39. The largest absolute Gasteiger partial charge is 0.334 e. The Bertz CT molecular complexity index is 382. The first-order valence-electron chi connectivity index (χ1n) is 5.56. The quantitative estimate of drug-likeness (QED) is 0.751. The minimum absolute atomic E-state index is 0.123. The van der Waals surface area contributed by atoms with Crippen molar-refractivity contribution in [3.63, 3.8) is 0 Å². The van der Waals surface area contributed by atoms with Crippen molar-refractivity contribution < 1.29 is 9.18 Å². The highest BCUT2D eigenvalue weighted by Crippen LogP contribution is 2.12. The summed E-state index contributed by atoms with van der Waals surface area (Å²) in [6, 6.07) is 5.44. The summed E-state index contributed by atoms with van der Waals surface area (Å²) in [6.45, 7) is 4.27. The summed E-state index contributed by atoms with van der Waals surface area (Å²) in [5, 5.41) is 5.15. The minimum atomic E-state index is -0.462. The number of benzene rings is 1. The van der Waals surface area contributed by atoms with Gasteiger partial charge in [0.1, 0.15) is 5.82 Å². The molecule has 0 fully saturated rings. The first-order valence-corrected chi connectivity index (χ1v) is 5.56. The summed E-state index contributed by atoms with van der Waals surface area (Å²) in [5.41, 5.74) is 5.69. The third-order valence-corrected chi connectivity index (χ3v) is 2.50. The van der Waals surface area contributed by atoms with Crippen LogP contribution >= 0.6 is 0 Å². The molecule has 5 heteroatoms. The highest BCUT2D eigenvalue weighted by atomic mass is 19.1. The molecule has 0 aliphatic rings. The van der Waals surface area contributed by atoms with Crippen molar-refractivity contribution in [2.75, 3.05) is 11.9 Å². The Kier molecular flexibility index (Phi) is 4.90. The molecule has 17 heavy (non-hydrogen) atoms. The molecule has 0 radical (unpaired) electrons. The molecule has 1 atom stereocenters. The van der Waals surface area contributed by atoms with E-state index in [1.165, 1.54) is 12.1 Å². The number of amides is 2. The van der Waals surface area contributed by atoms with Crippen LogP contribution in [0.25, 0.3) is 0 Å². The number of para-hydroxylation sites is 1. The number of hydrogen-bond donors (Lipinski definition) is 3. The van der Waals surface area contributed by atoms with Crippen molar-refractivity contribution in [3.8, 4) is 0 Å². The zero-order chi connectivity index (χ0) is 12.8. The fourth-order valence-electron chi connectivity index (χ4n) is 1.39. The lowest BCUT2D eigenvalue weighted by molar-refractivity contribution is 0.245. The number of carbonyl (C=O) groups excluding carboxylic acids is 1. The van der Waals surface area contributed by atoms with Gasteiger partial charge < -0.3 is 16.4 Å². The number of rotatable bonds is 4. The molecule has 4 N–H and O–H groups in total. The molecular weight excluding hydrogens is 221 g/mol. The molecular formula is C12H18FN3O. The third-order valence-electron chi connectivity index (χ3n) is 2.50. The predicted molar refractivity (Wildman–Crippen MR) is 66.2 cm³/mol. The van der Waals surface area contributed by atoms with Crippen LogP contribution < -0.4 is 16.4 Å². The lowest BCUT2D eigenvalue weighted by Gasteiger charge is -2.20. The lowest BCUT2D eigenvalue weighted by Crippen LogP contribution is -2.45. The molecule has 0 saturated heterocycles. The van der Waals surface area contributed by atoms with E-state index in [0.717, 1.165) is 0 Å². The Morgan fingerprint density at radius 3 is 2.59 bits per heavy atom. The van der Waals surface area contributed by atoms with E-state index < -0.39 is 11.8 Å². The van der Waals surface area contributed by atoms with Gasteiger partial charge in [-0.2, -0.15) is 0 Å². The molecule has 1 unspecified atom stereocenters. The second-order valence-corrected chi connectivity index (χ2v) is 4.16. The standard InChI is InChI=1S/C12H18FN3O/c1-8(2)11(7-14)16-12(17)15-10-6-4-3-5-9(10)13/h3-6,8,11H,7,14H2,1-2H3,(H2,15,16,17). The van der Waals surface area contributed by atoms with Crippen LogP contribution in [-0.4, -0.2) is 18.6 Å². The van der Waals surface area contributed by atoms with E-state index in [9.17, 15) is 9.18 Å². The predicted octanol–water partition coefficient (Wildman–Crippen LogP) is 1.93. The van der Waals surface area contributed by atoms with Crippen molar-refractivity contribution in [1.82, 2.24) is 5.32 Å². The maximum atomic E-state index is 13.3. The summed E-state index contributed by atoms with van der Waals surface area (Å²) in [7, 11) is 0. The van der Waals surface area contributed by atoms with E-state index in [0.29, 0.717) is 6.54 Å². The number of urea groups is 1. The van der Waals surface area contributed by atoms with E-state index in [1.54, 1.807) is 12.1 Å². The van der Waals surface area contributed by atoms with E-state index in [2.05, 4.69) is 10.6 Å². The molecule has 0 aliphatic heterocycles. The zero-order valence-electron chi connectivity index (χ0n) is 10.0. The fraction of sp³-hybridized carbons (Fsp3) is 0.417. The van der Waals surface area contributed by atoms with Crippen molar-refractivity contribution in [2.24, 2.45) is 11.7 Å². The average Bonchev–Trinajstić information content (AvgIpc) is 2.28. The van der Waals surface area contributed by atoms with Gasteiger partial charge in [-0.15, -0.1) is 0 Å². The van der Waals surface area contributed by atoms with Crippen LogP contribution in [-0.2, 0) is 0 Å². The van der Waals surface area contributed by atoms with Gasteiger partial charge in [-0.1, -0.05) is 26.0 Å². The van der Waals surface area contributed by atoms with Crippen LogP contribution in [0.1, 0.15) is 13.8 Å². The number of hydrogen-bond acceptors (Lipinski definition) is 2. The molecule has 0 aliphatic carbocycles. The van der Waals surface area contributed by atoms with E-state index in [-0.39, 0.29) is 17.6 Å². The van der Waals surface area contributed by atoms with Crippen molar-refractivity contribution in [2.45, 2.75) is 19.9 Å². The van der Waals surface area contributed by atoms with Crippen molar-refractivity contribution >= 4 is 11.7 Å². The summed E-state index contributed by atoms with van der Waals surface area (Å²) in [6.07, 6.45) is 0. The molecule has 1 aromatic carbocycles. The first-order chi connectivity index (χ1) is 8.04. The normalized spacial score (nSPS) is 12.3. The average molecular weight is 239 g/mol. The van der Waals surface area contributed by atoms with Gasteiger partial charge in [0, 0.05) is 12.6 Å². The second-order valence-electron chi connectivity index (χ2n) is 4.16. The maximum absolute atomic E-state index is 13.3. The Hall–Kier alpha value is -1.62. The topological polar surface area (TPSA) is 67.1 Å². The molecule has 0 aromatic heterocycles. The summed E-state index contributed by atoms with van der Waals surface area (Å²) in [5.74, 6) is -0.233. The van der Waals surface area contributed by atoms with E-state index in [1.807, 2.05) is 13.8 Å². The van der Waals surface area contributed by atoms with Crippen LogP contribution in [0, 0.1) is 11.7 Å². The van der Waals surface area contributed by atoms with Crippen molar-refractivity contribution in [3.05, 3.63) is 30.1 Å². The second kappa shape index (κ2) is 6.20. The smallest absolute Gasteiger partial charge is 0.319 e. The molecule has 0 spiro atoms. The van der Waals surface area contributed by atoms with E-state index in [4.69, 9.17) is 5.73 Å². The van der Waals surface area contributed by atoms with Gasteiger partial charge in [0.2, 0.25) is 0 Å². The van der Waals surface area contributed by atoms with Crippen LogP contribution in [0.3, 0.4) is 0 Å². The molecule has 0 heterocycles. The Morgan fingerprint density at radius 2 is 2.06 bits per heavy atom. The Labute approximate surface area is 100 Å². The van der Waals surface area contributed by atoms with Crippen LogP contribution in [0.4, 0.5) is 14.9 Å². The number of halogens is 1. The number of carbonyl (C=O) groups is 1. The molecule has 4 nitrogen and oxygen atoms in total. The molecule has 2 amide bonds. The van der Waals surface area contributed by atoms with Gasteiger partial charge in [0.05, 0.1) is 5.69 Å². The number of nitrogens with one attached hydrogen (secondary N) is 2. The SMILES string of the molecule is CC(C)C(CN)NC(=O)Nc1ccccc1F. The van der Waals surface area contributed by atoms with Crippen LogP contribution in [0.2, 0.25) is 0 Å². The monoisotopic (exact) mass is 239 g/mol. The summed E-state index contributed by atoms with van der Waals surface area (Å²) < 4.78 is 13.3. The minimum Gasteiger partial charge on any atom is -0.334 e. The van der Waals surface area contributed by atoms with Gasteiger partial charge in [-0.25, -0.2) is 9.18 Å². The third kappa shape index (κ3) is 4.03. The first kappa shape index (κ1) is 13.4. The van der Waals surface area contributed by atoms with Crippen molar-refractivity contribution in [1.29, 1.82) is 0 Å². The molecule has 0 saturated carbocycles. The Balaban J connectivity index is 2.58. The van der Waals surface area contributed by atoms with Gasteiger partial charge in [0.15, 0.2) is 0 Å². The lowest BCUT2D eigenvalue weighted by atomic mass is 10.1. The molecule has 94 valence electrons. The van der Waals surface area contributed by atoms with E-state index >= 15 is 0 Å².